The number of nitrogens with one attached hydrogen (secondary N) is 2. The number of aromatic nitrogens is 1. The van der Waals surface area contributed by atoms with E-state index in [0.29, 0.717) is 18.8 Å². The van der Waals surface area contributed by atoms with Gasteiger partial charge in [-0.25, -0.2) is 9.78 Å². The molecule has 1 amide bonds. The Morgan fingerprint density at radius 2 is 1.70 bits per heavy atom. The second-order valence-corrected chi connectivity index (χ2v) is 7.99. The molecule has 0 aliphatic rings. The normalized spacial score (nSPS) is 11.5. The molecule has 172 valence electrons. The number of amides is 1. The predicted molar refractivity (Wildman–Crippen MR) is 128 cm³/mol. The molecule has 3 N–H and O–H groups in total. The van der Waals surface area contributed by atoms with Crippen LogP contribution in [0.5, 0.6) is 5.75 Å². The number of carboxylic acid groups (broad SMARTS) is 1. The number of carbonyl (C=O) groups excluding carboxylic acids is 1. The lowest BCUT2D eigenvalue weighted by atomic mass is 10.1. The summed E-state index contributed by atoms with van der Waals surface area (Å²) < 4.78 is 5.76. The average Bonchev–Trinajstić information content (AvgIpc) is 2.79. The predicted octanol–water partition coefficient (Wildman–Crippen LogP) is 4.48. The van der Waals surface area contributed by atoms with Crippen LogP contribution in [0.15, 0.2) is 60.7 Å². The fraction of sp³-hybridized carbons (Fsp3) is 0.208. The van der Waals surface area contributed by atoms with E-state index in [1.54, 1.807) is 30.3 Å². The van der Waals surface area contributed by atoms with Crippen LogP contribution in [-0.2, 0) is 17.6 Å². The van der Waals surface area contributed by atoms with Crippen LogP contribution in [0.1, 0.15) is 21.6 Å². The SMILES string of the molecule is CNc1cccc(CCOc2ccc(C[C@H](NC(=O)c3c(Cl)cccc3Cl)C(=O)O)cc2)n1. The summed E-state index contributed by atoms with van der Waals surface area (Å²) >= 11 is 12.1. The van der Waals surface area contributed by atoms with Crippen molar-refractivity contribution in [1.29, 1.82) is 0 Å². The third-order valence-electron chi connectivity index (χ3n) is 4.85. The van der Waals surface area contributed by atoms with Crippen molar-refractivity contribution < 1.29 is 19.4 Å². The Labute approximate surface area is 201 Å². The zero-order chi connectivity index (χ0) is 23.8. The Morgan fingerprint density at radius 3 is 2.33 bits per heavy atom. The maximum absolute atomic E-state index is 12.5. The lowest BCUT2D eigenvalue weighted by molar-refractivity contribution is -0.139. The molecule has 0 saturated carbocycles. The maximum atomic E-state index is 12.5. The van der Waals surface area contributed by atoms with Crippen LogP contribution in [0.3, 0.4) is 0 Å². The third kappa shape index (κ3) is 6.84. The number of halogens is 2. The van der Waals surface area contributed by atoms with Crippen molar-refractivity contribution in [2.75, 3.05) is 19.0 Å². The third-order valence-corrected chi connectivity index (χ3v) is 5.48. The summed E-state index contributed by atoms with van der Waals surface area (Å²) in [6, 6.07) is 16.3. The molecule has 2 aromatic carbocycles. The Balaban J connectivity index is 1.57. The second kappa shape index (κ2) is 11.5. The van der Waals surface area contributed by atoms with Gasteiger partial charge in [0.1, 0.15) is 17.6 Å². The van der Waals surface area contributed by atoms with E-state index in [-0.39, 0.29) is 22.0 Å². The van der Waals surface area contributed by atoms with E-state index in [1.165, 1.54) is 12.1 Å². The Kier molecular flexibility index (Phi) is 8.52. The number of carbonyl (C=O) groups is 2. The fourth-order valence-electron chi connectivity index (χ4n) is 3.13. The van der Waals surface area contributed by atoms with Gasteiger partial charge < -0.3 is 20.5 Å². The minimum atomic E-state index is -1.16. The zero-order valence-corrected chi connectivity index (χ0v) is 19.4. The smallest absolute Gasteiger partial charge is 0.326 e. The molecular weight excluding hydrogens is 465 g/mol. The van der Waals surface area contributed by atoms with E-state index in [2.05, 4.69) is 15.6 Å². The summed E-state index contributed by atoms with van der Waals surface area (Å²) in [7, 11) is 1.82. The molecule has 9 heteroatoms. The zero-order valence-electron chi connectivity index (χ0n) is 17.8. The molecule has 0 bridgehead atoms. The molecule has 0 aliphatic heterocycles. The van der Waals surface area contributed by atoms with Crippen molar-refractivity contribution in [2.24, 2.45) is 0 Å². The van der Waals surface area contributed by atoms with Gasteiger partial charge in [0.05, 0.1) is 22.2 Å². The molecule has 1 aromatic heterocycles. The van der Waals surface area contributed by atoms with Crippen LogP contribution in [0, 0.1) is 0 Å². The standard InChI is InChI=1S/C24H23Cl2N3O4/c1-27-21-7-2-4-16(28-21)12-13-33-17-10-8-15(9-11-17)14-20(24(31)32)29-23(30)22-18(25)5-3-6-19(22)26/h2-11,20H,12-14H2,1H3,(H,27,28)(H,29,30)(H,31,32)/t20-/m0/s1. The molecule has 0 saturated heterocycles. The summed E-state index contributed by atoms with van der Waals surface area (Å²) in [6.07, 6.45) is 0.735. The monoisotopic (exact) mass is 487 g/mol. The van der Waals surface area contributed by atoms with Gasteiger partial charge >= 0.3 is 5.97 Å². The van der Waals surface area contributed by atoms with Gasteiger partial charge in [0.25, 0.3) is 5.91 Å². The number of carboxylic acids is 1. The maximum Gasteiger partial charge on any atom is 0.326 e. The minimum Gasteiger partial charge on any atom is -0.493 e. The summed E-state index contributed by atoms with van der Waals surface area (Å²) in [5.74, 6) is -0.354. The topological polar surface area (TPSA) is 101 Å². The van der Waals surface area contributed by atoms with Gasteiger partial charge in [0.2, 0.25) is 0 Å². The number of anilines is 1. The lowest BCUT2D eigenvalue weighted by Crippen LogP contribution is -2.42. The number of hydrogen-bond acceptors (Lipinski definition) is 5. The Morgan fingerprint density at radius 1 is 1.03 bits per heavy atom. The van der Waals surface area contributed by atoms with Crippen molar-refractivity contribution in [3.63, 3.8) is 0 Å². The highest BCUT2D eigenvalue weighted by Gasteiger charge is 2.23. The van der Waals surface area contributed by atoms with Crippen LogP contribution in [0.2, 0.25) is 10.0 Å². The van der Waals surface area contributed by atoms with Gasteiger partial charge in [-0.3, -0.25) is 4.79 Å². The molecule has 33 heavy (non-hydrogen) atoms. The van der Waals surface area contributed by atoms with Crippen LogP contribution in [0.4, 0.5) is 5.82 Å². The highest BCUT2D eigenvalue weighted by molar-refractivity contribution is 6.39. The number of benzene rings is 2. The van der Waals surface area contributed by atoms with Crippen LogP contribution in [0.25, 0.3) is 0 Å². The van der Waals surface area contributed by atoms with Gasteiger partial charge in [-0.1, -0.05) is 47.5 Å². The molecule has 0 unspecified atom stereocenters. The highest BCUT2D eigenvalue weighted by atomic mass is 35.5. The largest absolute Gasteiger partial charge is 0.493 e. The van der Waals surface area contributed by atoms with Gasteiger partial charge in [0, 0.05) is 25.6 Å². The molecule has 3 aromatic rings. The number of aliphatic carboxylic acids is 1. The first-order chi connectivity index (χ1) is 15.9. The molecule has 0 spiro atoms. The summed E-state index contributed by atoms with van der Waals surface area (Å²) in [4.78, 5) is 28.7. The van der Waals surface area contributed by atoms with E-state index >= 15 is 0 Å². The number of hydrogen-bond donors (Lipinski definition) is 3. The Hall–Kier alpha value is -3.29. The fourth-order valence-corrected chi connectivity index (χ4v) is 3.70. The number of nitrogens with zero attached hydrogens (tertiary/aromatic N) is 1. The van der Waals surface area contributed by atoms with Gasteiger partial charge in [-0.05, 0) is 42.0 Å². The molecular formula is C24H23Cl2N3O4. The first-order valence-electron chi connectivity index (χ1n) is 10.2. The highest BCUT2D eigenvalue weighted by Crippen LogP contribution is 2.24. The van der Waals surface area contributed by atoms with Crippen molar-refractivity contribution >= 4 is 40.9 Å². The van der Waals surface area contributed by atoms with Crippen LogP contribution < -0.4 is 15.4 Å². The minimum absolute atomic E-state index is 0.0468. The van der Waals surface area contributed by atoms with E-state index in [0.717, 1.165) is 17.1 Å². The van der Waals surface area contributed by atoms with E-state index < -0.39 is 17.9 Å². The summed E-state index contributed by atoms with van der Waals surface area (Å²) in [6.45, 7) is 0.450. The second-order valence-electron chi connectivity index (χ2n) is 7.17. The molecule has 1 heterocycles. The summed E-state index contributed by atoms with van der Waals surface area (Å²) in [5.41, 5.74) is 1.69. The first-order valence-corrected chi connectivity index (χ1v) is 11.0. The van der Waals surface area contributed by atoms with Gasteiger partial charge in [0.15, 0.2) is 0 Å². The van der Waals surface area contributed by atoms with Crippen molar-refractivity contribution in [3.8, 4) is 5.75 Å². The average molecular weight is 488 g/mol. The summed E-state index contributed by atoms with van der Waals surface area (Å²) in [5, 5.41) is 15.4. The van der Waals surface area contributed by atoms with E-state index in [4.69, 9.17) is 27.9 Å². The molecule has 1 atom stereocenters. The number of rotatable bonds is 10. The molecule has 7 nitrogen and oxygen atoms in total. The number of pyridine rings is 1. The van der Waals surface area contributed by atoms with Crippen LogP contribution in [-0.4, -0.2) is 41.7 Å². The van der Waals surface area contributed by atoms with E-state index in [9.17, 15) is 14.7 Å². The molecule has 0 radical (unpaired) electrons. The van der Waals surface area contributed by atoms with Gasteiger partial charge in [-0.2, -0.15) is 0 Å². The Bertz CT molecular complexity index is 1100. The lowest BCUT2D eigenvalue weighted by Gasteiger charge is -2.16. The molecule has 0 fully saturated rings. The molecule has 3 rings (SSSR count). The van der Waals surface area contributed by atoms with E-state index in [1.807, 2.05) is 25.2 Å². The molecule has 0 aliphatic carbocycles. The van der Waals surface area contributed by atoms with Crippen molar-refractivity contribution in [2.45, 2.75) is 18.9 Å². The van der Waals surface area contributed by atoms with Crippen molar-refractivity contribution in [3.05, 3.63) is 87.5 Å². The number of ether oxygens (including phenoxy) is 1. The van der Waals surface area contributed by atoms with Crippen LogP contribution >= 0.6 is 23.2 Å². The first kappa shape index (κ1) is 24.4. The van der Waals surface area contributed by atoms with Gasteiger partial charge in [-0.15, -0.1) is 0 Å². The quantitative estimate of drug-likeness (QED) is 0.389. The van der Waals surface area contributed by atoms with Crippen molar-refractivity contribution in [1.82, 2.24) is 10.3 Å².